The zero-order chi connectivity index (χ0) is 19.4. The average molecular weight is 378 g/mol. The first-order valence-corrected chi connectivity index (χ1v) is 9.13. The second-order valence-electron chi connectivity index (χ2n) is 5.93. The Hall–Kier alpha value is -3.17. The van der Waals surface area contributed by atoms with Crippen molar-refractivity contribution >= 4 is 17.1 Å². The van der Waals surface area contributed by atoms with Gasteiger partial charge in [-0.15, -0.1) is 11.3 Å². The van der Waals surface area contributed by atoms with Crippen LogP contribution in [0.25, 0.3) is 11.3 Å². The lowest BCUT2D eigenvalue weighted by Crippen LogP contribution is -2.11. The Morgan fingerprint density at radius 2 is 1.81 bits per heavy atom. The van der Waals surface area contributed by atoms with Gasteiger partial charge >= 0.3 is 0 Å². The fourth-order valence-corrected chi connectivity index (χ4v) is 3.53. The molecular weight excluding hydrogens is 360 g/mol. The van der Waals surface area contributed by atoms with Crippen molar-refractivity contribution in [3.05, 3.63) is 64.0 Å². The first-order chi connectivity index (χ1) is 13.1. The molecule has 0 aliphatic rings. The molecule has 136 valence electrons. The van der Waals surface area contributed by atoms with E-state index in [1.165, 1.54) is 11.3 Å². The Balaban J connectivity index is 1.91. The lowest BCUT2D eigenvalue weighted by molar-refractivity contribution is 0.0979. The number of benzene rings is 2. The average Bonchev–Trinajstić information content (AvgIpc) is 3.18. The van der Waals surface area contributed by atoms with E-state index in [-0.39, 0.29) is 5.78 Å². The van der Waals surface area contributed by atoms with E-state index in [9.17, 15) is 10.1 Å². The number of aryl methyl sites for hydroxylation is 1. The largest absolute Gasteiger partial charge is 0.493 e. The van der Waals surface area contributed by atoms with Crippen molar-refractivity contribution in [3.8, 4) is 28.8 Å². The van der Waals surface area contributed by atoms with E-state index in [4.69, 9.17) is 9.47 Å². The van der Waals surface area contributed by atoms with Crippen molar-refractivity contribution in [2.45, 2.75) is 12.8 Å². The molecule has 0 N–H and O–H groups in total. The molecule has 2 aromatic carbocycles. The van der Waals surface area contributed by atoms with Crippen LogP contribution in [0.15, 0.2) is 47.8 Å². The molecule has 0 radical (unpaired) electrons. The van der Waals surface area contributed by atoms with Gasteiger partial charge in [-0.05, 0) is 25.1 Å². The minimum Gasteiger partial charge on any atom is -0.493 e. The van der Waals surface area contributed by atoms with Gasteiger partial charge in [-0.2, -0.15) is 5.26 Å². The van der Waals surface area contributed by atoms with Gasteiger partial charge in [0, 0.05) is 16.5 Å². The van der Waals surface area contributed by atoms with Gasteiger partial charge in [-0.25, -0.2) is 4.98 Å². The predicted octanol–water partition coefficient (Wildman–Crippen LogP) is 4.63. The van der Waals surface area contributed by atoms with Gasteiger partial charge in [-0.3, -0.25) is 4.79 Å². The second-order valence-corrected chi connectivity index (χ2v) is 6.82. The minimum atomic E-state index is -0.924. The Kier molecular flexibility index (Phi) is 5.53. The first kappa shape index (κ1) is 18.6. The first-order valence-electron chi connectivity index (χ1n) is 8.25. The van der Waals surface area contributed by atoms with Crippen LogP contribution >= 0.6 is 11.3 Å². The number of ketones is 1. The maximum Gasteiger partial charge on any atom is 0.186 e. The number of methoxy groups -OCH3 is 2. The van der Waals surface area contributed by atoms with Crippen LogP contribution < -0.4 is 9.47 Å². The van der Waals surface area contributed by atoms with Gasteiger partial charge in [0.1, 0.15) is 5.01 Å². The lowest BCUT2D eigenvalue weighted by Gasteiger charge is -2.08. The topological polar surface area (TPSA) is 72.2 Å². The van der Waals surface area contributed by atoms with Crippen LogP contribution in [0, 0.1) is 18.3 Å². The molecule has 3 aromatic rings. The van der Waals surface area contributed by atoms with Gasteiger partial charge < -0.3 is 9.47 Å². The summed E-state index contributed by atoms with van der Waals surface area (Å²) in [6.45, 7) is 1.95. The summed E-state index contributed by atoms with van der Waals surface area (Å²) in [5.41, 5.74) is 3.09. The lowest BCUT2D eigenvalue weighted by atomic mass is 9.98. The zero-order valence-corrected chi connectivity index (χ0v) is 16.0. The number of ether oxygens (including phenoxy) is 2. The summed E-state index contributed by atoms with van der Waals surface area (Å²) in [7, 11) is 3.15. The number of nitrogens with zero attached hydrogens (tertiary/aromatic N) is 2. The smallest absolute Gasteiger partial charge is 0.186 e. The highest BCUT2D eigenvalue weighted by atomic mass is 32.1. The van der Waals surface area contributed by atoms with Crippen molar-refractivity contribution in [1.82, 2.24) is 4.98 Å². The van der Waals surface area contributed by atoms with Crippen molar-refractivity contribution in [1.29, 1.82) is 5.26 Å². The number of hydrogen-bond donors (Lipinski definition) is 0. The third-order valence-corrected chi connectivity index (χ3v) is 5.09. The molecule has 3 rings (SSSR count). The monoisotopic (exact) mass is 378 g/mol. The molecule has 5 nitrogen and oxygen atoms in total. The van der Waals surface area contributed by atoms with E-state index in [0.717, 1.165) is 11.1 Å². The summed E-state index contributed by atoms with van der Waals surface area (Å²) in [5.74, 6) is 0.0515. The quantitative estimate of drug-likeness (QED) is 0.585. The number of carbonyl (C=O) groups excluding carboxylic acids is 1. The van der Waals surface area contributed by atoms with Crippen LogP contribution in [-0.2, 0) is 0 Å². The van der Waals surface area contributed by atoms with Crippen LogP contribution in [-0.4, -0.2) is 25.0 Å². The molecule has 0 amide bonds. The molecule has 1 unspecified atom stereocenters. The van der Waals surface area contributed by atoms with E-state index in [2.05, 4.69) is 11.1 Å². The number of nitriles is 1. The van der Waals surface area contributed by atoms with Crippen molar-refractivity contribution in [2.75, 3.05) is 14.2 Å². The van der Waals surface area contributed by atoms with Crippen molar-refractivity contribution in [2.24, 2.45) is 0 Å². The van der Waals surface area contributed by atoms with Crippen molar-refractivity contribution < 1.29 is 14.3 Å². The van der Waals surface area contributed by atoms with Gasteiger partial charge in [0.15, 0.2) is 23.2 Å². The molecule has 0 saturated heterocycles. The summed E-state index contributed by atoms with van der Waals surface area (Å²) in [6, 6.07) is 14.8. The highest BCUT2D eigenvalue weighted by molar-refractivity contribution is 7.10. The molecule has 0 spiro atoms. The van der Waals surface area contributed by atoms with Crippen LogP contribution in [0.4, 0.5) is 0 Å². The third kappa shape index (κ3) is 3.83. The van der Waals surface area contributed by atoms with Crippen LogP contribution in [0.5, 0.6) is 11.5 Å². The molecule has 1 aromatic heterocycles. The second kappa shape index (κ2) is 8.02. The normalized spacial score (nSPS) is 11.5. The SMILES string of the molecule is COc1ccc(-c2csc(C(C#N)C(=O)c3ccc(C)cc3)n2)cc1OC. The molecule has 1 atom stereocenters. The molecule has 27 heavy (non-hydrogen) atoms. The minimum absolute atomic E-state index is 0.245. The number of rotatable bonds is 6. The number of thiazole rings is 1. The van der Waals surface area contributed by atoms with Crippen LogP contribution in [0.2, 0.25) is 0 Å². The summed E-state index contributed by atoms with van der Waals surface area (Å²) in [4.78, 5) is 17.3. The molecule has 0 saturated carbocycles. The maximum atomic E-state index is 12.7. The van der Waals surface area contributed by atoms with Gasteiger partial charge in [0.25, 0.3) is 0 Å². The highest BCUT2D eigenvalue weighted by Crippen LogP contribution is 2.34. The summed E-state index contributed by atoms with van der Waals surface area (Å²) < 4.78 is 10.6. The molecule has 0 aliphatic heterocycles. The molecular formula is C21H18N2O3S. The van der Waals surface area contributed by atoms with Gasteiger partial charge in [0.05, 0.1) is 26.0 Å². The van der Waals surface area contributed by atoms with E-state index >= 15 is 0 Å². The van der Waals surface area contributed by atoms with E-state index in [1.54, 1.807) is 32.4 Å². The fraction of sp³-hybridized carbons (Fsp3) is 0.190. The summed E-state index contributed by atoms with van der Waals surface area (Å²) in [5, 5.41) is 11.9. The summed E-state index contributed by atoms with van der Waals surface area (Å²) in [6.07, 6.45) is 0. The maximum absolute atomic E-state index is 12.7. The molecule has 0 fully saturated rings. The predicted molar refractivity (Wildman–Crippen MR) is 105 cm³/mol. The van der Waals surface area contributed by atoms with Gasteiger partial charge in [0.2, 0.25) is 0 Å². The van der Waals surface area contributed by atoms with Gasteiger partial charge in [-0.1, -0.05) is 29.8 Å². The molecule has 1 heterocycles. The highest BCUT2D eigenvalue weighted by Gasteiger charge is 2.25. The zero-order valence-electron chi connectivity index (χ0n) is 15.2. The Morgan fingerprint density at radius 3 is 2.44 bits per heavy atom. The molecule has 6 heteroatoms. The number of carbonyl (C=O) groups is 1. The Bertz CT molecular complexity index is 1000. The van der Waals surface area contributed by atoms with E-state index < -0.39 is 5.92 Å². The number of aromatic nitrogens is 1. The number of hydrogen-bond acceptors (Lipinski definition) is 6. The van der Waals surface area contributed by atoms with E-state index in [0.29, 0.717) is 27.8 Å². The third-order valence-electron chi connectivity index (χ3n) is 4.18. The fourth-order valence-electron chi connectivity index (χ4n) is 2.66. The van der Waals surface area contributed by atoms with Crippen molar-refractivity contribution in [3.63, 3.8) is 0 Å². The molecule has 0 bridgehead atoms. The Labute approximate surface area is 161 Å². The van der Waals surface area contributed by atoms with Crippen LogP contribution in [0.3, 0.4) is 0 Å². The number of Topliss-reactive ketones (excluding diaryl/α,β-unsaturated/α-hetero) is 1. The van der Waals surface area contributed by atoms with E-state index in [1.807, 2.05) is 36.6 Å². The van der Waals surface area contributed by atoms with Crippen LogP contribution in [0.1, 0.15) is 26.8 Å². The molecule has 0 aliphatic carbocycles. The Morgan fingerprint density at radius 1 is 1.11 bits per heavy atom. The standard InChI is InChI=1S/C21H18N2O3S/c1-13-4-6-14(7-5-13)20(24)16(11-22)21-23-17(12-27-21)15-8-9-18(25-2)19(10-15)26-3/h4-10,12,16H,1-3H3. The summed E-state index contributed by atoms with van der Waals surface area (Å²) >= 11 is 1.30.